The van der Waals surface area contributed by atoms with E-state index in [1.54, 1.807) is 6.21 Å². The molecular weight excluding hydrogens is 360 g/mol. The second-order valence-electron chi connectivity index (χ2n) is 7.24. The summed E-state index contributed by atoms with van der Waals surface area (Å²) in [4.78, 5) is 16.7. The summed E-state index contributed by atoms with van der Waals surface area (Å²) in [6.45, 7) is 8.17. The normalized spacial score (nSPS) is 10.9. The molecular formula is C25H26N2O2. The number of nitrogens with zero attached hydrogens (tertiary/aromatic N) is 1. The second kappa shape index (κ2) is 9.20. The summed E-state index contributed by atoms with van der Waals surface area (Å²) < 4.78 is 5.65. The van der Waals surface area contributed by atoms with Gasteiger partial charge in [-0.25, -0.2) is 0 Å². The number of benzene rings is 3. The van der Waals surface area contributed by atoms with Crippen LogP contribution in [-0.2, 0) is 4.79 Å². The topological polar surface area (TPSA) is 50.7 Å². The Morgan fingerprint density at radius 3 is 2.34 bits per heavy atom. The lowest BCUT2D eigenvalue weighted by molar-refractivity contribution is -0.118. The molecule has 0 aliphatic rings. The van der Waals surface area contributed by atoms with Gasteiger partial charge in [-0.2, -0.15) is 0 Å². The van der Waals surface area contributed by atoms with E-state index in [0.717, 1.165) is 22.5 Å². The zero-order valence-electron chi connectivity index (χ0n) is 17.3. The predicted molar refractivity (Wildman–Crippen MR) is 120 cm³/mol. The standard InChI is InChI=1S/C25H26N2O2/c1-17-8-10-22(12-19(17)3)26-15-21-6-5-7-24(14-21)29-16-25(28)27-23-11-9-18(2)20(4)13-23/h5-15H,16H2,1-4H3,(H,27,28). The predicted octanol–water partition coefficient (Wildman–Crippen LogP) is 5.69. The van der Waals surface area contributed by atoms with E-state index in [0.29, 0.717) is 5.75 Å². The quantitative estimate of drug-likeness (QED) is 0.553. The molecule has 29 heavy (non-hydrogen) atoms. The van der Waals surface area contributed by atoms with Gasteiger partial charge in [0.1, 0.15) is 5.75 Å². The van der Waals surface area contributed by atoms with Crippen molar-refractivity contribution in [3.63, 3.8) is 0 Å². The van der Waals surface area contributed by atoms with Crippen LogP contribution in [0.15, 0.2) is 65.7 Å². The average Bonchev–Trinajstić information content (AvgIpc) is 2.70. The third kappa shape index (κ3) is 5.79. The summed E-state index contributed by atoms with van der Waals surface area (Å²) >= 11 is 0. The van der Waals surface area contributed by atoms with Gasteiger partial charge in [-0.1, -0.05) is 24.3 Å². The number of nitrogens with one attached hydrogen (secondary N) is 1. The van der Waals surface area contributed by atoms with Crippen LogP contribution in [0.25, 0.3) is 0 Å². The van der Waals surface area contributed by atoms with Gasteiger partial charge < -0.3 is 10.1 Å². The second-order valence-corrected chi connectivity index (χ2v) is 7.24. The smallest absolute Gasteiger partial charge is 0.262 e. The van der Waals surface area contributed by atoms with Crippen molar-refractivity contribution in [2.24, 2.45) is 4.99 Å². The van der Waals surface area contributed by atoms with Gasteiger partial charge in [0.2, 0.25) is 0 Å². The van der Waals surface area contributed by atoms with E-state index < -0.39 is 0 Å². The highest BCUT2D eigenvalue weighted by Crippen LogP contribution is 2.18. The maximum absolute atomic E-state index is 12.2. The first kappa shape index (κ1) is 20.3. The van der Waals surface area contributed by atoms with Crippen molar-refractivity contribution in [3.8, 4) is 5.75 Å². The molecule has 3 aromatic carbocycles. The molecule has 0 heterocycles. The number of anilines is 1. The Balaban J connectivity index is 1.59. The van der Waals surface area contributed by atoms with E-state index >= 15 is 0 Å². The summed E-state index contributed by atoms with van der Waals surface area (Å²) in [7, 11) is 0. The molecule has 0 spiro atoms. The molecule has 1 N–H and O–H groups in total. The molecule has 148 valence electrons. The molecule has 0 aliphatic heterocycles. The zero-order chi connectivity index (χ0) is 20.8. The number of aliphatic imine (C=N–C) groups is 1. The molecule has 1 amide bonds. The Hall–Kier alpha value is -3.40. The molecule has 0 saturated heterocycles. The van der Waals surface area contributed by atoms with Crippen molar-refractivity contribution < 1.29 is 9.53 Å². The van der Waals surface area contributed by atoms with Gasteiger partial charge in [0.25, 0.3) is 5.91 Å². The first-order valence-electron chi connectivity index (χ1n) is 9.62. The number of ether oxygens (including phenoxy) is 1. The molecule has 3 aromatic rings. The van der Waals surface area contributed by atoms with Gasteiger partial charge in [-0.05, 0) is 91.9 Å². The maximum Gasteiger partial charge on any atom is 0.262 e. The Bertz CT molecular complexity index is 1050. The first-order chi connectivity index (χ1) is 13.9. The fraction of sp³-hybridized carbons (Fsp3) is 0.200. The van der Waals surface area contributed by atoms with Crippen LogP contribution in [0.1, 0.15) is 27.8 Å². The van der Waals surface area contributed by atoms with Gasteiger partial charge in [0, 0.05) is 11.9 Å². The average molecular weight is 386 g/mol. The zero-order valence-corrected chi connectivity index (χ0v) is 17.3. The molecule has 0 fully saturated rings. The molecule has 4 heteroatoms. The third-order valence-electron chi connectivity index (χ3n) is 4.87. The lowest BCUT2D eigenvalue weighted by Gasteiger charge is -2.09. The van der Waals surface area contributed by atoms with Crippen LogP contribution >= 0.6 is 0 Å². The van der Waals surface area contributed by atoms with Gasteiger partial charge in [0.05, 0.1) is 5.69 Å². The lowest BCUT2D eigenvalue weighted by Crippen LogP contribution is -2.20. The monoisotopic (exact) mass is 386 g/mol. The molecule has 0 atom stereocenters. The van der Waals surface area contributed by atoms with Crippen molar-refractivity contribution in [3.05, 3.63) is 88.5 Å². The molecule has 4 nitrogen and oxygen atoms in total. The van der Waals surface area contributed by atoms with E-state index in [1.165, 1.54) is 16.7 Å². The maximum atomic E-state index is 12.2. The van der Waals surface area contributed by atoms with Crippen LogP contribution in [0.3, 0.4) is 0 Å². The number of hydrogen-bond acceptors (Lipinski definition) is 3. The Morgan fingerprint density at radius 1 is 0.897 bits per heavy atom. The van der Waals surface area contributed by atoms with Gasteiger partial charge in [0.15, 0.2) is 6.61 Å². The van der Waals surface area contributed by atoms with Crippen molar-refractivity contribution in [2.75, 3.05) is 11.9 Å². The Morgan fingerprint density at radius 2 is 1.62 bits per heavy atom. The van der Waals surface area contributed by atoms with Crippen LogP contribution < -0.4 is 10.1 Å². The number of hydrogen-bond donors (Lipinski definition) is 1. The van der Waals surface area contributed by atoms with Crippen molar-refractivity contribution in [2.45, 2.75) is 27.7 Å². The number of carbonyl (C=O) groups is 1. The highest BCUT2D eigenvalue weighted by Gasteiger charge is 2.05. The fourth-order valence-electron chi connectivity index (χ4n) is 2.80. The number of rotatable bonds is 6. The molecule has 0 radical (unpaired) electrons. The molecule has 0 aliphatic carbocycles. The van der Waals surface area contributed by atoms with Gasteiger partial charge >= 0.3 is 0 Å². The van der Waals surface area contributed by atoms with E-state index in [-0.39, 0.29) is 12.5 Å². The third-order valence-corrected chi connectivity index (χ3v) is 4.87. The summed E-state index contributed by atoms with van der Waals surface area (Å²) in [5, 5.41) is 2.86. The van der Waals surface area contributed by atoms with Crippen molar-refractivity contribution in [1.29, 1.82) is 0 Å². The Labute approximate surface area is 172 Å². The summed E-state index contributed by atoms with van der Waals surface area (Å²) in [6.07, 6.45) is 1.80. The van der Waals surface area contributed by atoms with Gasteiger partial charge in [-0.3, -0.25) is 9.79 Å². The summed E-state index contributed by atoms with van der Waals surface area (Å²) in [6, 6.07) is 19.5. The largest absolute Gasteiger partial charge is 0.484 e. The number of amides is 1. The molecule has 0 bridgehead atoms. The molecule has 0 saturated carbocycles. The van der Waals surface area contributed by atoms with E-state index in [2.05, 4.69) is 36.3 Å². The van der Waals surface area contributed by atoms with Gasteiger partial charge in [-0.15, -0.1) is 0 Å². The van der Waals surface area contributed by atoms with E-state index in [9.17, 15) is 4.79 Å². The van der Waals surface area contributed by atoms with Crippen molar-refractivity contribution in [1.82, 2.24) is 0 Å². The summed E-state index contributed by atoms with van der Waals surface area (Å²) in [5.41, 5.74) is 7.39. The fourth-order valence-corrected chi connectivity index (χ4v) is 2.80. The van der Waals surface area contributed by atoms with E-state index in [1.807, 2.05) is 62.4 Å². The van der Waals surface area contributed by atoms with Crippen LogP contribution in [-0.4, -0.2) is 18.7 Å². The SMILES string of the molecule is Cc1ccc(N=Cc2cccc(OCC(=O)Nc3ccc(C)c(C)c3)c2)cc1C. The van der Waals surface area contributed by atoms with Crippen LogP contribution in [0.2, 0.25) is 0 Å². The number of aryl methyl sites for hydroxylation is 4. The minimum atomic E-state index is -0.192. The van der Waals surface area contributed by atoms with Crippen LogP contribution in [0.5, 0.6) is 5.75 Å². The van der Waals surface area contributed by atoms with E-state index in [4.69, 9.17) is 4.74 Å². The molecule has 0 unspecified atom stereocenters. The number of carbonyl (C=O) groups excluding carboxylic acids is 1. The lowest BCUT2D eigenvalue weighted by atomic mass is 10.1. The highest BCUT2D eigenvalue weighted by molar-refractivity contribution is 5.92. The minimum Gasteiger partial charge on any atom is -0.484 e. The Kier molecular flexibility index (Phi) is 6.45. The highest BCUT2D eigenvalue weighted by atomic mass is 16.5. The summed E-state index contributed by atoms with van der Waals surface area (Å²) in [5.74, 6) is 0.437. The van der Waals surface area contributed by atoms with Crippen molar-refractivity contribution >= 4 is 23.5 Å². The molecule has 0 aromatic heterocycles. The van der Waals surface area contributed by atoms with Crippen LogP contribution in [0, 0.1) is 27.7 Å². The minimum absolute atomic E-state index is 0.0509. The van der Waals surface area contributed by atoms with Crippen LogP contribution in [0.4, 0.5) is 11.4 Å². The first-order valence-corrected chi connectivity index (χ1v) is 9.62. The molecule has 3 rings (SSSR count).